The number of hydrogen-bond donors (Lipinski definition) is 1. The van der Waals surface area contributed by atoms with Crippen LogP contribution >= 0.6 is 0 Å². The van der Waals surface area contributed by atoms with Crippen molar-refractivity contribution in [3.63, 3.8) is 0 Å². The summed E-state index contributed by atoms with van der Waals surface area (Å²) in [5, 5.41) is 0. The molecule has 2 rings (SSSR count). The second-order valence-corrected chi connectivity index (χ2v) is 5.62. The van der Waals surface area contributed by atoms with Gasteiger partial charge in [0.1, 0.15) is 0 Å². The third-order valence-corrected chi connectivity index (χ3v) is 4.25. The molecule has 1 atom stereocenters. The van der Waals surface area contributed by atoms with Crippen LogP contribution in [-0.4, -0.2) is 54.5 Å². The van der Waals surface area contributed by atoms with Gasteiger partial charge in [0.05, 0.1) is 0 Å². The topological polar surface area (TPSA) is 49.6 Å². The molecule has 2 heterocycles. The van der Waals surface area contributed by atoms with E-state index in [0.717, 1.165) is 25.9 Å². The van der Waals surface area contributed by atoms with Crippen molar-refractivity contribution in [2.24, 2.45) is 5.73 Å². The number of carbonyl (C=O) groups excluding carboxylic acids is 1. The molecule has 2 aliphatic heterocycles. The van der Waals surface area contributed by atoms with E-state index in [9.17, 15) is 4.79 Å². The van der Waals surface area contributed by atoms with Gasteiger partial charge in [-0.05, 0) is 58.2 Å². The fraction of sp³-hybridized carbons (Fsp3) is 0.929. The summed E-state index contributed by atoms with van der Waals surface area (Å²) >= 11 is 0. The predicted octanol–water partition coefficient (Wildman–Crippen LogP) is 1.20. The van der Waals surface area contributed by atoms with Gasteiger partial charge < -0.3 is 10.6 Å². The maximum atomic E-state index is 12.1. The van der Waals surface area contributed by atoms with Crippen molar-refractivity contribution in [3.05, 3.63) is 0 Å². The second-order valence-electron chi connectivity index (χ2n) is 5.62. The molecular weight excluding hydrogens is 226 g/mol. The zero-order valence-corrected chi connectivity index (χ0v) is 11.4. The van der Waals surface area contributed by atoms with Gasteiger partial charge in [-0.25, -0.2) is 0 Å². The van der Waals surface area contributed by atoms with E-state index in [1.807, 2.05) is 0 Å². The van der Waals surface area contributed by atoms with Crippen molar-refractivity contribution in [1.82, 2.24) is 9.80 Å². The highest BCUT2D eigenvalue weighted by molar-refractivity contribution is 5.76. The van der Waals surface area contributed by atoms with Crippen molar-refractivity contribution < 1.29 is 4.79 Å². The zero-order valence-electron chi connectivity index (χ0n) is 11.4. The minimum absolute atomic E-state index is 0.340. The minimum Gasteiger partial charge on any atom is -0.341 e. The lowest BCUT2D eigenvalue weighted by molar-refractivity contribution is -0.133. The number of unbranched alkanes of at least 4 members (excludes halogenated alkanes) is 1. The average Bonchev–Trinajstić information content (AvgIpc) is 2.93. The second kappa shape index (κ2) is 7.10. The van der Waals surface area contributed by atoms with Gasteiger partial charge in [-0.3, -0.25) is 9.69 Å². The Morgan fingerprint density at radius 2 is 1.89 bits per heavy atom. The van der Waals surface area contributed by atoms with Gasteiger partial charge in [0, 0.05) is 25.6 Å². The first-order valence-electron chi connectivity index (χ1n) is 7.53. The Kier molecular flexibility index (Phi) is 5.45. The monoisotopic (exact) mass is 253 g/mol. The molecule has 1 unspecified atom stereocenters. The molecule has 0 bridgehead atoms. The van der Waals surface area contributed by atoms with E-state index in [1.54, 1.807) is 0 Å². The van der Waals surface area contributed by atoms with E-state index in [4.69, 9.17) is 5.73 Å². The number of nitrogens with two attached hydrogens (primary N) is 1. The highest BCUT2D eigenvalue weighted by Crippen LogP contribution is 2.21. The molecule has 0 aromatic heterocycles. The van der Waals surface area contributed by atoms with Crippen LogP contribution in [0.15, 0.2) is 0 Å². The third kappa shape index (κ3) is 3.69. The summed E-state index contributed by atoms with van der Waals surface area (Å²) in [7, 11) is 0. The maximum absolute atomic E-state index is 12.1. The number of nitrogens with zero attached hydrogens (tertiary/aromatic N) is 2. The fourth-order valence-electron chi connectivity index (χ4n) is 3.16. The number of carbonyl (C=O) groups is 1. The molecule has 0 saturated carbocycles. The van der Waals surface area contributed by atoms with Crippen LogP contribution in [0.5, 0.6) is 0 Å². The molecule has 4 nitrogen and oxygen atoms in total. The third-order valence-electron chi connectivity index (χ3n) is 4.25. The molecule has 18 heavy (non-hydrogen) atoms. The SMILES string of the molecule is NCCCCC(=O)N1CCCC(N2CCCC2)C1. The van der Waals surface area contributed by atoms with E-state index < -0.39 is 0 Å². The zero-order chi connectivity index (χ0) is 12.8. The highest BCUT2D eigenvalue weighted by Gasteiger charge is 2.28. The van der Waals surface area contributed by atoms with Gasteiger partial charge >= 0.3 is 0 Å². The van der Waals surface area contributed by atoms with Gasteiger partial charge in [-0.2, -0.15) is 0 Å². The highest BCUT2D eigenvalue weighted by atomic mass is 16.2. The summed E-state index contributed by atoms with van der Waals surface area (Å²) in [6, 6.07) is 0.625. The van der Waals surface area contributed by atoms with Gasteiger partial charge in [0.25, 0.3) is 0 Å². The van der Waals surface area contributed by atoms with Crippen LogP contribution < -0.4 is 5.73 Å². The molecule has 4 heteroatoms. The predicted molar refractivity (Wildman–Crippen MR) is 73.3 cm³/mol. The Hall–Kier alpha value is -0.610. The van der Waals surface area contributed by atoms with Crippen LogP contribution in [0.1, 0.15) is 44.9 Å². The van der Waals surface area contributed by atoms with Crippen LogP contribution in [0.25, 0.3) is 0 Å². The largest absolute Gasteiger partial charge is 0.341 e. The van der Waals surface area contributed by atoms with Crippen LogP contribution in [-0.2, 0) is 4.79 Å². The number of likely N-dealkylation sites (tertiary alicyclic amines) is 2. The van der Waals surface area contributed by atoms with Gasteiger partial charge in [0.2, 0.25) is 5.91 Å². The molecule has 0 aromatic carbocycles. The molecule has 0 aliphatic carbocycles. The van der Waals surface area contributed by atoms with Gasteiger partial charge in [-0.1, -0.05) is 0 Å². The number of rotatable bonds is 5. The van der Waals surface area contributed by atoms with Crippen LogP contribution in [0.3, 0.4) is 0 Å². The average molecular weight is 253 g/mol. The first kappa shape index (κ1) is 13.8. The molecule has 1 amide bonds. The lowest BCUT2D eigenvalue weighted by Gasteiger charge is -2.37. The summed E-state index contributed by atoms with van der Waals surface area (Å²) in [6.45, 7) is 5.09. The summed E-state index contributed by atoms with van der Waals surface area (Å²) in [4.78, 5) is 16.8. The van der Waals surface area contributed by atoms with Crippen molar-refractivity contribution >= 4 is 5.91 Å². The summed E-state index contributed by atoms with van der Waals surface area (Å²) < 4.78 is 0. The summed E-state index contributed by atoms with van der Waals surface area (Å²) in [5.41, 5.74) is 5.47. The summed E-state index contributed by atoms with van der Waals surface area (Å²) in [5.74, 6) is 0.340. The van der Waals surface area contributed by atoms with Crippen LogP contribution in [0.2, 0.25) is 0 Å². The van der Waals surface area contributed by atoms with E-state index in [2.05, 4.69) is 9.80 Å². The quantitative estimate of drug-likeness (QED) is 0.749. The van der Waals surface area contributed by atoms with E-state index in [1.165, 1.54) is 38.8 Å². The molecule has 2 saturated heterocycles. The van der Waals surface area contributed by atoms with Crippen molar-refractivity contribution in [1.29, 1.82) is 0 Å². The lowest BCUT2D eigenvalue weighted by atomic mass is 10.0. The number of hydrogen-bond acceptors (Lipinski definition) is 3. The fourth-order valence-corrected chi connectivity index (χ4v) is 3.16. The Bertz CT molecular complexity index is 264. The lowest BCUT2D eigenvalue weighted by Crippen LogP contribution is -2.48. The smallest absolute Gasteiger partial charge is 0.222 e. The maximum Gasteiger partial charge on any atom is 0.222 e. The van der Waals surface area contributed by atoms with Crippen molar-refractivity contribution in [2.75, 3.05) is 32.7 Å². The van der Waals surface area contributed by atoms with Gasteiger partial charge in [-0.15, -0.1) is 0 Å². The van der Waals surface area contributed by atoms with Crippen LogP contribution in [0, 0.1) is 0 Å². The Labute approximate surface area is 110 Å². The molecule has 2 fully saturated rings. The summed E-state index contributed by atoms with van der Waals surface area (Å²) in [6.07, 6.45) is 7.71. The minimum atomic E-state index is 0.340. The van der Waals surface area contributed by atoms with E-state index in [-0.39, 0.29) is 0 Å². The van der Waals surface area contributed by atoms with Gasteiger partial charge in [0.15, 0.2) is 0 Å². The number of piperidine rings is 1. The molecule has 0 aromatic rings. The molecule has 104 valence electrons. The number of amides is 1. The first-order chi connectivity index (χ1) is 8.81. The van der Waals surface area contributed by atoms with E-state index >= 15 is 0 Å². The molecular formula is C14H27N3O. The molecule has 2 N–H and O–H groups in total. The first-order valence-corrected chi connectivity index (χ1v) is 7.53. The normalized spacial score (nSPS) is 25.6. The Balaban J connectivity index is 1.76. The Morgan fingerprint density at radius 1 is 1.11 bits per heavy atom. The van der Waals surface area contributed by atoms with Crippen LogP contribution in [0.4, 0.5) is 0 Å². The van der Waals surface area contributed by atoms with Crippen molar-refractivity contribution in [2.45, 2.75) is 51.0 Å². The molecule has 0 radical (unpaired) electrons. The standard InChI is InChI=1S/C14H27N3O/c15-8-2-1-7-14(18)17-11-5-6-13(12-17)16-9-3-4-10-16/h13H,1-12,15H2. The molecule has 0 spiro atoms. The van der Waals surface area contributed by atoms with Crippen molar-refractivity contribution in [3.8, 4) is 0 Å². The Morgan fingerprint density at radius 3 is 2.61 bits per heavy atom. The van der Waals surface area contributed by atoms with E-state index in [0.29, 0.717) is 24.9 Å². The molecule has 2 aliphatic rings.